The highest BCUT2D eigenvalue weighted by atomic mass is 32.2. The fraction of sp³-hybridized carbons (Fsp3) is 0.458. The van der Waals surface area contributed by atoms with Crippen molar-refractivity contribution in [1.29, 1.82) is 0 Å². The van der Waals surface area contributed by atoms with Crippen molar-refractivity contribution in [2.45, 2.75) is 56.9 Å². The second kappa shape index (κ2) is 11.3. The van der Waals surface area contributed by atoms with Gasteiger partial charge in [-0.25, -0.2) is 13.1 Å². The highest BCUT2D eigenvalue weighted by Crippen LogP contribution is 2.28. The van der Waals surface area contributed by atoms with Crippen molar-refractivity contribution in [3.63, 3.8) is 0 Å². The van der Waals surface area contributed by atoms with Crippen molar-refractivity contribution in [3.8, 4) is 11.5 Å². The molecule has 0 spiro atoms. The van der Waals surface area contributed by atoms with Crippen LogP contribution in [0.5, 0.6) is 11.5 Å². The van der Waals surface area contributed by atoms with Crippen molar-refractivity contribution < 1.29 is 22.7 Å². The van der Waals surface area contributed by atoms with Crippen LogP contribution in [-0.2, 0) is 27.7 Å². The second-order valence-corrected chi connectivity index (χ2v) is 9.50. The summed E-state index contributed by atoms with van der Waals surface area (Å²) < 4.78 is 38.3. The van der Waals surface area contributed by atoms with E-state index in [1.54, 1.807) is 24.3 Å². The van der Waals surface area contributed by atoms with E-state index in [4.69, 9.17) is 9.47 Å². The standard InChI is InChI=1S/C24H32N2O5S/c1-3-30-22-13-7-19(17-23(22)31-4-2)15-16-25-24(27)14-8-18-5-11-21(12-6-18)32(28,29)26-20-9-10-20/h5-7,11-13,17,20,26H,3-4,8-10,14-16H2,1-2H3,(H,25,27). The van der Waals surface area contributed by atoms with Gasteiger partial charge < -0.3 is 14.8 Å². The van der Waals surface area contributed by atoms with Crippen LogP contribution in [0.4, 0.5) is 0 Å². The maximum absolute atomic E-state index is 12.2. The Kier molecular flexibility index (Phi) is 8.53. The van der Waals surface area contributed by atoms with E-state index in [0.29, 0.717) is 39.0 Å². The fourth-order valence-corrected chi connectivity index (χ4v) is 4.57. The molecule has 0 aliphatic heterocycles. The molecular weight excluding hydrogens is 428 g/mol. The number of sulfonamides is 1. The number of hydrogen-bond acceptors (Lipinski definition) is 5. The molecule has 8 heteroatoms. The van der Waals surface area contributed by atoms with Crippen molar-refractivity contribution >= 4 is 15.9 Å². The number of carbonyl (C=O) groups is 1. The van der Waals surface area contributed by atoms with E-state index in [2.05, 4.69) is 10.0 Å². The molecule has 1 amide bonds. The summed E-state index contributed by atoms with van der Waals surface area (Å²) >= 11 is 0. The van der Waals surface area contributed by atoms with Crippen LogP contribution in [0.2, 0.25) is 0 Å². The predicted molar refractivity (Wildman–Crippen MR) is 124 cm³/mol. The Morgan fingerprint density at radius 3 is 2.25 bits per heavy atom. The minimum atomic E-state index is -3.44. The van der Waals surface area contributed by atoms with Crippen molar-refractivity contribution in [2.24, 2.45) is 0 Å². The number of benzene rings is 2. The van der Waals surface area contributed by atoms with Gasteiger partial charge in [-0.1, -0.05) is 18.2 Å². The number of amides is 1. The summed E-state index contributed by atoms with van der Waals surface area (Å²) in [5.41, 5.74) is 1.99. The molecule has 2 N–H and O–H groups in total. The van der Waals surface area contributed by atoms with Crippen LogP contribution < -0.4 is 19.5 Å². The summed E-state index contributed by atoms with van der Waals surface area (Å²) in [7, 11) is -3.44. The Bertz CT molecular complexity index is 1000. The van der Waals surface area contributed by atoms with Crippen molar-refractivity contribution in [2.75, 3.05) is 19.8 Å². The molecule has 0 aromatic heterocycles. The van der Waals surface area contributed by atoms with Gasteiger partial charge in [-0.15, -0.1) is 0 Å². The SMILES string of the molecule is CCOc1ccc(CCNC(=O)CCc2ccc(S(=O)(=O)NC3CC3)cc2)cc1OCC. The van der Waals surface area contributed by atoms with Gasteiger partial charge in [0.25, 0.3) is 0 Å². The number of carbonyl (C=O) groups excluding carboxylic acids is 1. The van der Waals surface area contributed by atoms with E-state index < -0.39 is 10.0 Å². The second-order valence-electron chi connectivity index (χ2n) is 7.79. The lowest BCUT2D eigenvalue weighted by Gasteiger charge is -2.12. The Morgan fingerprint density at radius 2 is 1.59 bits per heavy atom. The maximum atomic E-state index is 12.2. The quantitative estimate of drug-likeness (QED) is 0.479. The molecule has 3 rings (SSSR count). The van der Waals surface area contributed by atoms with Gasteiger partial charge in [-0.05, 0) is 74.9 Å². The van der Waals surface area contributed by atoms with Crippen LogP contribution in [0.15, 0.2) is 47.4 Å². The molecule has 1 aliphatic carbocycles. The molecule has 7 nitrogen and oxygen atoms in total. The normalized spacial score (nSPS) is 13.6. The highest BCUT2D eigenvalue weighted by Gasteiger charge is 2.27. The number of aryl methyl sites for hydroxylation is 1. The number of ether oxygens (including phenoxy) is 2. The van der Waals surface area contributed by atoms with Gasteiger partial charge in [0.2, 0.25) is 15.9 Å². The van der Waals surface area contributed by atoms with Crippen molar-refractivity contribution in [3.05, 3.63) is 53.6 Å². The molecule has 1 fully saturated rings. The van der Waals surface area contributed by atoms with Gasteiger partial charge in [-0.3, -0.25) is 4.79 Å². The molecule has 32 heavy (non-hydrogen) atoms. The molecule has 0 unspecified atom stereocenters. The molecule has 2 aromatic rings. The van der Waals surface area contributed by atoms with Crippen LogP contribution in [0, 0.1) is 0 Å². The van der Waals surface area contributed by atoms with Gasteiger partial charge in [0.15, 0.2) is 11.5 Å². The zero-order valence-corrected chi connectivity index (χ0v) is 19.5. The first-order valence-electron chi connectivity index (χ1n) is 11.2. The third-order valence-corrected chi connectivity index (χ3v) is 6.65. The fourth-order valence-electron chi connectivity index (χ4n) is 3.27. The van der Waals surface area contributed by atoms with Gasteiger partial charge in [0.05, 0.1) is 18.1 Å². The van der Waals surface area contributed by atoms with Crippen LogP contribution in [0.3, 0.4) is 0 Å². The average Bonchev–Trinajstić information content (AvgIpc) is 3.58. The molecule has 2 aromatic carbocycles. The maximum Gasteiger partial charge on any atom is 0.240 e. The molecule has 1 saturated carbocycles. The van der Waals surface area contributed by atoms with Crippen LogP contribution >= 0.6 is 0 Å². The van der Waals surface area contributed by atoms with E-state index in [1.165, 1.54) is 0 Å². The number of hydrogen-bond donors (Lipinski definition) is 2. The van der Waals surface area contributed by atoms with Gasteiger partial charge in [0, 0.05) is 19.0 Å². The Labute approximate surface area is 190 Å². The van der Waals surface area contributed by atoms with Gasteiger partial charge >= 0.3 is 0 Å². The zero-order valence-electron chi connectivity index (χ0n) is 18.7. The molecule has 0 atom stereocenters. The third kappa shape index (κ3) is 7.24. The van der Waals surface area contributed by atoms with Gasteiger partial charge in [0.1, 0.15) is 0 Å². The molecule has 1 aliphatic rings. The van der Waals surface area contributed by atoms with Crippen LogP contribution in [-0.4, -0.2) is 40.1 Å². The van der Waals surface area contributed by atoms with E-state index in [0.717, 1.165) is 35.5 Å². The summed E-state index contributed by atoms with van der Waals surface area (Å²) in [6.07, 6.45) is 3.40. The lowest BCUT2D eigenvalue weighted by molar-refractivity contribution is -0.121. The van der Waals surface area contributed by atoms with Gasteiger partial charge in [-0.2, -0.15) is 0 Å². The summed E-state index contributed by atoms with van der Waals surface area (Å²) in [4.78, 5) is 12.5. The largest absolute Gasteiger partial charge is 0.490 e. The topological polar surface area (TPSA) is 93.7 Å². The lowest BCUT2D eigenvalue weighted by atomic mass is 10.1. The third-order valence-electron chi connectivity index (χ3n) is 5.12. The highest BCUT2D eigenvalue weighted by molar-refractivity contribution is 7.89. The first-order valence-corrected chi connectivity index (χ1v) is 12.7. The number of rotatable bonds is 13. The monoisotopic (exact) mass is 460 g/mol. The molecule has 0 bridgehead atoms. The first-order chi connectivity index (χ1) is 15.4. The Balaban J connectivity index is 1.43. The summed E-state index contributed by atoms with van der Waals surface area (Å²) in [5.74, 6) is 1.41. The summed E-state index contributed by atoms with van der Waals surface area (Å²) in [6, 6.07) is 12.6. The molecule has 174 valence electrons. The number of nitrogens with one attached hydrogen (secondary N) is 2. The summed E-state index contributed by atoms with van der Waals surface area (Å²) in [6.45, 7) is 5.53. The Morgan fingerprint density at radius 1 is 0.938 bits per heavy atom. The average molecular weight is 461 g/mol. The summed E-state index contributed by atoms with van der Waals surface area (Å²) in [5, 5.41) is 2.94. The van der Waals surface area contributed by atoms with Crippen molar-refractivity contribution in [1.82, 2.24) is 10.0 Å². The minimum Gasteiger partial charge on any atom is -0.490 e. The van der Waals surface area contributed by atoms with Crippen LogP contribution in [0.1, 0.15) is 44.2 Å². The minimum absolute atomic E-state index is 0.0342. The zero-order chi connectivity index (χ0) is 23.0. The van der Waals surface area contributed by atoms with E-state index in [1.807, 2.05) is 32.0 Å². The lowest BCUT2D eigenvalue weighted by Crippen LogP contribution is -2.26. The van der Waals surface area contributed by atoms with Crippen LogP contribution in [0.25, 0.3) is 0 Å². The molecular formula is C24H32N2O5S. The van der Waals surface area contributed by atoms with E-state index in [9.17, 15) is 13.2 Å². The first kappa shape index (κ1) is 24.1. The molecule has 0 saturated heterocycles. The van der Waals surface area contributed by atoms with E-state index in [-0.39, 0.29) is 16.8 Å². The Hall–Kier alpha value is -2.58. The molecule has 0 radical (unpaired) electrons. The molecule has 0 heterocycles. The smallest absolute Gasteiger partial charge is 0.240 e. The van der Waals surface area contributed by atoms with E-state index >= 15 is 0 Å². The predicted octanol–water partition coefficient (Wildman–Crippen LogP) is 3.22.